The van der Waals surface area contributed by atoms with Crippen LogP contribution in [-0.4, -0.2) is 26.8 Å². The summed E-state index contributed by atoms with van der Waals surface area (Å²) < 4.78 is 1.01. The number of pyridine rings is 1. The molecule has 0 aliphatic heterocycles. The molecule has 0 radical (unpaired) electrons. The van der Waals surface area contributed by atoms with E-state index in [1.54, 1.807) is 29.3 Å². The summed E-state index contributed by atoms with van der Waals surface area (Å²) in [6, 6.07) is 22.5. The summed E-state index contributed by atoms with van der Waals surface area (Å²) in [6.07, 6.45) is 4.45. The molecule has 1 N–H and O–H groups in total. The number of carbonyl (C=O) groups excluding carboxylic acids is 1. The maximum absolute atomic E-state index is 14.0. The van der Waals surface area contributed by atoms with Crippen molar-refractivity contribution in [2.75, 3.05) is 5.75 Å². The van der Waals surface area contributed by atoms with Crippen LogP contribution in [0.25, 0.3) is 11.1 Å². The molecule has 2 aromatic heterocycles. The van der Waals surface area contributed by atoms with Crippen molar-refractivity contribution >= 4 is 29.0 Å². The SMILES string of the molecule is Cc1nnc(SCCCCC2(C(=O)NCc3ccccn3)c3ccccc3-c3ccccc32)s1. The van der Waals surface area contributed by atoms with Crippen molar-refractivity contribution in [1.29, 1.82) is 0 Å². The molecule has 2 heterocycles. The molecule has 0 fully saturated rings. The molecule has 0 saturated carbocycles. The Morgan fingerprint density at radius 2 is 1.65 bits per heavy atom. The average molecular weight is 487 g/mol. The number of carbonyl (C=O) groups is 1. The van der Waals surface area contributed by atoms with Crippen molar-refractivity contribution in [3.05, 3.63) is 94.8 Å². The van der Waals surface area contributed by atoms with Crippen LogP contribution < -0.4 is 5.32 Å². The molecule has 4 aromatic rings. The van der Waals surface area contributed by atoms with Crippen molar-refractivity contribution in [1.82, 2.24) is 20.5 Å². The van der Waals surface area contributed by atoms with Crippen LogP contribution in [0.3, 0.4) is 0 Å². The highest BCUT2D eigenvalue weighted by molar-refractivity contribution is 8.01. The maximum Gasteiger partial charge on any atom is 0.235 e. The lowest BCUT2D eigenvalue weighted by Gasteiger charge is -2.31. The fourth-order valence-corrected chi connectivity index (χ4v) is 6.65. The topological polar surface area (TPSA) is 67.8 Å². The Balaban J connectivity index is 1.39. The highest BCUT2D eigenvalue weighted by Gasteiger charge is 2.48. The van der Waals surface area contributed by atoms with E-state index >= 15 is 0 Å². The number of amides is 1. The molecule has 2 aromatic carbocycles. The van der Waals surface area contributed by atoms with Gasteiger partial charge in [0.1, 0.15) is 10.4 Å². The summed E-state index contributed by atoms with van der Waals surface area (Å²) in [5.74, 6) is 1.01. The Hall–Kier alpha value is -3.03. The third-order valence-electron chi connectivity index (χ3n) is 6.29. The van der Waals surface area contributed by atoms with Crippen molar-refractivity contribution in [2.24, 2.45) is 0 Å². The van der Waals surface area contributed by atoms with Crippen LogP contribution >= 0.6 is 23.1 Å². The highest BCUT2D eigenvalue weighted by atomic mass is 32.2. The summed E-state index contributed by atoms with van der Waals surface area (Å²) in [4.78, 5) is 18.4. The lowest BCUT2D eigenvalue weighted by Crippen LogP contribution is -2.44. The molecule has 5 nitrogen and oxygen atoms in total. The number of nitrogens with one attached hydrogen (secondary N) is 1. The molecular formula is C27H26N4OS2. The standard InChI is InChI=1S/C27H26N4OS2/c1-19-30-31-26(34-19)33-17-9-7-15-27(25(32)29-18-20-10-6-8-16-28-20)23-13-4-2-11-21(23)22-12-3-5-14-24(22)27/h2-6,8,10-14,16H,7,9,15,17-18H2,1H3,(H,29,32). The van der Waals surface area contributed by atoms with Crippen LogP contribution in [0.4, 0.5) is 0 Å². The first-order valence-corrected chi connectivity index (χ1v) is 13.3. The molecular weight excluding hydrogens is 460 g/mol. The molecule has 1 aliphatic carbocycles. The zero-order valence-corrected chi connectivity index (χ0v) is 20.7. The molecule has 7 heteroatoms. The van der Waals surface area contributed by atoms with E-state index in [-0.39, 0.29) is 5.91 Å². The number of thioether (sulfide) groups is 1. The molecule has 0 spiro atoms. The van der Waals surface area contributed by atoms with Gasteiger partial charge in [-0.3, -0.25) is 9.78 Å². The second-order valence-corrected chi connectivity index (χ2v) is 10.9. The molecule has 0 bridgehead atoms. The summed E-state index contributed by atoms with van der Waals surface area (Å²) in [5, 5.41) is 12.5. The zero-order valence-electron chi connectivity index (χ0n) is 19.0. The second kappa shape index (κ2) is 10.1. The van der Waals surface area contributed by atoms with E-state index in [1.165, 1.54) is 0 Å². The van der Waals surface area contributed by atoms with Gasteiger partial charge in [-0.2, -0.15) is 0 Å². The van der Waals surface area contributed by atoms with Gasteiger partial charge in [-0.05, 0) is 54.2 Å². The number of unbranched alkanes of at least 4 members (excludes halogenated alkanes) is 1. The number of hydrogen-bond acceptors (Lipinski definition) is 6. The molecule has 0 atom stereocenters. The smallest absolute Gasteiger partial charge is 0.235 e. The largest absolute Gasteiger partial charge is 0.349 e. The van der Waals surface area contributed by atoms with Gasteiger partial charge in [-0.1, -0.05) is 84.1 Å². The molecule has 1 aliphatic rings. The molecule has 34 heavy (non-hydrogen) atoms. The minimum Gasteiger partial charge on any atom is -0.349 e. The number of aromatic nitrogens is 3. The molecule has 172 valence electrons. The van der Waals surface area contributed by atoms with E-state index in [2.05, 4.69) is 56.9 Å². The third-order valence-corrected chi connectivity index (χ3v) is 8.35. The molecule has 0 unspecified atom stereocenters. The van der Waals surface area contributed by atoms with Gasteiger partial charge in [0.25, 0.3) is 0 Å². The zero-order chi connectivity index (χ0) is 23.4. The van der Waals surface area contributed by atoms with Gasteiger partial charge in [0.2, 0.25) is 5.91 Å². The number of benzene rings is 2. The van der Waals surface area contributed by atoms with E-state index in [1.807, 2.05) is 37.3 Å². The third kappa shape index (κ3) is 4.38. The summed E-state index contributed by atoms with van der Waals surface area (Å²) in [6.45, 7) is 2.39. The highest BCUT2D eigenvalue weighted by Crippen LogP contribution is 2.51. The van der Waals surface area contributed by atoms with E-state index in [0.717, 1.165) is 62.3 Å². The fourth-order valence-electron chi connectivity index (χ4n) is 4.77. The van der Waals surface area contributed by atoms with E-state index in [0.29, 0.717) is 6.54 Å². The predicted octanol–water partition coefficient (Wildman–Crippen LogP) is 5.79. The summed E-state index contributed by atoms with van der Waals surface area (Å²) in [5.41, 5.74) is 4.67. The Kier molecular flexibility index (Phi) is 6.74. The Bertz CT molecular complexity index is 1240. The first-order valence-electron chi connectivity index (χ1n) is 11.5. The molecule has 0 saturated heterocycles. The van der Waals surface area contributed by atoms with Gasteiger partial charge >= 0.3 is 0 Å². The van der Waals surface area contributed by atoms with Crippen molar-refractivity contribution in [2.45, 2.75) is 42.5 Å². The average Bonchev–Trinajstić information content (AvgIpc) is 3.42. The maximum atomic E-state index is 14.0. The van der Waals surface area contributed by atoms with Crippen molar-refractivity contribution in [3.8, 4) is 11.1 Å². The number of rotatable bonds is 9. The van der Waals surface area contributed by atoms with Crippen LogP contribution in [0.15, 0.2) is 77.3 Å². The first-order chi connectivity index (χ1) is 16.7. The quantitative estimate of drug-likeness (QED) is 0.240. The number of nitrogens with zero attached hydrogens (tertiary/aromatic N) is 3. The van der Waals surface area contributed by atoms with Crippen LogP contribution in [0.1, 0.15) is 41.1 Å². The lowest BCUT2D eigenvalue weighted by atomic mass is 9.73. The first kappa shape index (κ1) is 22.7. The van der Waals surface area contributed by atoms with Gasteiger partial charge in [0.05, 0.1) is 12.2 Å². The molecule has 5 rings (SSSR count). The van der Waals surface area contributed by atoms with E-state index in [4.69, 9.17) is 0 Å². The predicted molar refractivity (Wildman–Crippen MR) is 138 cm³/mol. The second-order valence-electron chi connectivity index (χ2n) is 8.39. The lowest BCUT2D eigenvalue weighted by molar-refractivity contribution is -0.125. The summed E-state index contributed by atoms with van der Waals surface area (Å²) in [7, 11) is 0. The van der Waals surface area contributed by atoms with E-state index < -0.39 is 5.41 Å². The van der Waals surface area contributed by atoms with Crippen LogP contribution in [-0.2, 0) is 16.8 Å². The number of fused-ring (bicyclic) bond motifs is 3. The number of aryl methyl sites for hydroxylation is 1. The van der Waals surface area contributed by atoms with Crippen molar-refractivity contribution < 1.29 is 4.79 Å². The Morgan fingerprint density at radius 1 is 0.941 bits per heavy atom. The van der Waals surface area contributed by atoms with Gasteiger partial charge in [0.15, 0.2) is 4.34 Å². The van der Waals surface area contributed by atoms with Crippen LogP contribution in [0.2, 0.25) is 0 Å². The monoisotopic (exact) mass is 486 g/mol. The van der Waals surface area contributed by atoms with Gasteiger partial charge in [0, 0.05) is 11.9 Å². The fraction of sp³-hybridized carbons (Fsp3) is 0.259. The molecule has 1 amide bonds. The van der Waals surface area contributed by atoms with Crippen LogP contribution in [0, 0.1) is 6.92 Å². The van der Waals surface area contributed by atoms with E-state index in [9.17, 15) is 4.79 Å². The number of hydrogen-bond donors (Lipinski definition) is 1. The van der Waals surface area contributed by atoms with Gasteiger partial charge in [-0.25, -0.2) is 0 Å². The minimum absolute atomic E-state index is 0.0444. The minimum atomic E-state index is -0.702. The summed E-state index contributed by atoms with van der Waals surface area (Å²) >= 11 is 3.38. The van der Waals surface area contributed by atoms with Gasteiger partial charge in [-0.15, -0.1) is 10.2 Å². The Labute approximate surface area is 208 Å². The van der Waals surface area contributed by atoms with Crippen LogP contribution in [0.5, 0.6) is 0 Å². The van der Waals surface area contributed by atoms with Crippen molar-refractivity contribution in [3.63, 3.8) is 0 Å². The normalized spacial score (nSPS) is 13.3. The Morgan fingerprint density at radius 3 is 2.29 bits per heavy atom. The van der Waals surface area contributed by atoms with Gasteiger partial charge < -0.3 is 5.32 Å².